The molecule has 0 spiro atoms. The molecule has 5 aliphatic carbocycles. The van der Waals surface area contributed by atoms with Gasteiger partial charge in [0.25, 0.3) is 17.8 Å². The molecule has 3 heterocycles. The molecule has 1 aliphatic heterocycles. The van der Waals surface area contributed by atoms with E-state index in [1.165, 1.54) is 0 Å². The molecule has 51 heavy (non-hydrogen) atoms. The number of hydrogen-bond acceptors (Lipinski definition) is 7. The summed E-state index contributed by atoms with van der Waals surface area (Å²) in [7, 11) is 1.58. The second-order valence-electron chi connectivity index (χ2n) is 15.8. The summed E-state index contributed by atoms with van der Waals surface area (Å²) in [5, 5.41) is 13.9. The zero-order chi connectivity index (χ0) is 36.0. The highest BCUT2D eigenvalue weighted by Crippen LogP contribution is 2.58. The van der Waals surface area contributed by atoms with Gasteiger partial charge in [-0.2, -0.15) is 8.78 Å². The Morgan fingerprint density at radius 1 is 1.08 bits per heavy atom. The maximum absolute atomic E-state index is 15.3. The Morgan fingerprint density at radius 2 is 1.75 bits per heavy atom. The number of carboxylic acids is 1. The first-order valence-corrected chi connectivity index (χ1v) is 17.9. The minimum absolute atomic E-state index is 0.0131. The molecule has 6 aliphatic rings. The van der Waals surface area contributed by atoms with Crippen molar-refractivity contribution in [1.82, 2.24) is 24.8 Å². The van der Waals surface area contributed by atoms with E-state index in [1.807, 2.05) is 17.6 Å². The number of carbonyl (C=O) groups is 2. The second-order valence-corrected chi connectivity index (χ2v) is 15.8. The normalized spacial score (nSPS) is 31.6. The molecule has 14 heteroatoms. The van der Waals surface area contributed by atoms with Crippen LogP contribution in [0.3, 0.4) is 0 Å². The summed E-state index contributed by atoms with van der Waals surface area (Å²) in [4.78, 5) is 37.2. The lowest BCUT2D eigenvalue weighted by atomic mass is 9.48. The lowest BCUT2D eigenvalue weighted by Gasteiger charge is -2.59. The lowest BCUT2D eigenvalue weighted by molar-refractivity contribution is -0.165. The summed E-state index contributed by atoms with van der Waals surface area (Å²) < 4.78 is 70.9. The molecule has 274 valence electrons. The largest absolute Gasteiger partial charge is 0.490 e. The van der Waals surface area contributed by atoms with Gasteiger partial charge in [0.15, 0.2) is 5.82 Å². The molecule has 9 rings (SSSR count). The van der Waals surface area contributed by atoms with Crippen molar-refractivity contribution in [3.05, 3.63) is 41.9 Å². The van der Waals surface area contributed by atoms with Crippen molar-refractivity contribution in [2.24, 2.45) is 23.7 Å². The van der Waals surface area contributed by atoms with E-state index in [-0.39, 0.29) is 48.9 Å². The fourth-order valence-corrected chi connectivity index (χ4v) is 9.90. The quantitative estimate of drug-likeness (QED) is 0.223. The molecule has 1 amide bonds. The van der Waals surface area contributed by atoms with Crippen LogP contribution < -0.4 is 10.1 Å². The number of aliphatic carboxylic acids is 1. The van der Waals surface area contributed by atoms with Crippen LogP contribution in [0, 0.1) is 23.7 Å². The van der Waals surface area contributed by atoms with Gasteiger partial charge in [0.2, 0.25) is 0 Å². The van der Waals surface area contributed by atoms with Crippen LogP contribution in [0.1, 0.15) is 80.9 Å². The van der Waals surface area contributed by atoms with Crippen molar-refractivity contribution >= 4 is 22.8 Å². The minimum Gasteiger partial charge on any atom is -0.490 e. The number of amides is 1. The number of carbonyl (C=O) groups excluding carboxylic acids is 1. The third kappa shape index (κ3) is 5.86. The average molecular weight is 714 g/mol. The number of methoxy groups -OCH3 is 1. The predicted octanol–water partition coefficient (Wildman–Crippen LogP) is 6.29. The molecule has 1 aromatic carbocycles. The van der Waals surface area contributed by atoms with Gasteiger partial charge in [0, 0.05) is 62.3 Å². The molecule has 1 saturated heterocycles. The van der Waals surface area contributed by atoms with Gasteiger partial charge in [-0.1, -0.05) is 0 Å². The molecule has 4 bridgehead atoms. The van der Waals surface area contributed by atoms with E-state index in [0.29, 0.717) is 80.6 Å². The Bertz CT molecular complexity index is 1840. The van der Waals surface area contributed by atoms with Crippen molar-refractivity contribution in [3.8, 4) is 17.1 Å². The highest BCUT2D eigenvalue weighted by Gasteiger charge is 2.62. The summed E-state index contributed by atoms with van der Waals surface area (Å²) in [6.07, 6.45) is 7.91. The topological polar surface area (TPSA) is 119 Å². The summed E-state index contributed by atoms with van der Waals surface area (Å²) in [6, 6.07) is 5.33. The number of benzene rings is 1. The van der Waals surface area contributed by atoms with Gasteiger partial charge < -0.3 is 24.5 Å². The van der Waals surface area contributed by atoms with Crippen molar-refractivity contribution in [3.63, 3.8) is 0 Å². The molecular formula is C37H43F4N5O5. The number of fused-ring (bicyclic) bond motifs is 1. The summed E-state index contributed by atoms with van der Waals surface area (Å²) in [5.74, 6) is -7.25. The SMILES string of the molecule is COC[C@@H](C)n1cc(-c2ncc(C(=O)NC3(C(=O)O)C4CC5CC(C4)CC3C5)c(C(C)(F)F)n2)c2ccc(OC3CC(N4CC(F)(F)C4)C3)cc21. The second kappa shape index (κ2) is 12.1. The molecule has 2 aromatic heterocycles. The molecule has 3 aromatic rings. The van der Waals surface area contributed by atoms with E-state index < -0.39 is 40.5 Å². The predicted molar refractivity (Wildman–Crippen MR) is 178 cm³/mol. The maximum atomic E-state index is 15.3. The Kier molecular flexibility index (Phi) is 8.17. The van der Waals surface area contributed by atoms with Gasteiger partial charge in [-0.05, 0) is 74.8 Å². The molecule has 1 atom stereocenters. The first-order valence-electron chi connectivity index (χ1n) is 17.9. The van der Waals surface area contributed by atoms with Crippen LogP contribution in [-0.2, 0) is 15.5 Å². The van der Waals surface area contributed by atoms with Crippen LogP contribution in [0.2, 0.25) is 0 Å². The number of alkyl halides is 4. The number of rotatable bonds is 11. The minimum atomic E-state index is -3.54. The summed E-state index contributed by atoms with van der Waals surface area (Å²) in [5.41, 5.74) is -1.56. The number of halogens is 4. The molecule has 10 nitrogen and oxygen atoms in total. The number of carboxylic acid groups (broad SMARTS) is 1. The van der Waals surface area contributed by atoms with E-state index in [1.54, 1.807) is 30.3 Å². The van der Waals surface area contributed by atoms with Gasteiger partial charge in [-0.25, -0.2) is 23.5 Å². The molecule has 2 N–H and O–H groups in total. The van der Waals surface area contributed by atoms with Crippen LogP contribution in [0.5, 0.6) is 5.75 Å². The standard InChI is InChI=1S/C37H43F4N5O5/c1-19(16-50-3)46-15-29(27-5-4-25(13-30(27)46)51-26-11-24(12-26)45-17-36(40,41)18-45)32-42-14-28(31(43-32)35(2,38)39)33(47)44-37(34(48)49)22-7-20-6-21(9-22)10-23(37)8-20/h4-5,13-15,19-24,26H,6-12,16-18H2,1-3H3,(H,44,47)(H,48,49)/t19-,20?,21?,22?,23?,24?,26?,37?/m1/s1. The number of nitrogens with one attached hydrogen (secondary N) is 1. The number of aromatic nitrogens is 3. The van der Waals surface area contributed by atoms with E-state index in [0.717, 1.165) is 18.1 Å². The van der Waals surface area contributed by atoms with Gasteiger partial charge in [0.1, 0.15) is 23.1 Å². The highest BCUT2D eigenvalue weighted by molar-refractivity contribution is 6.00. The third-order valence-electron chi connectivity index (χ3n) is 12.2. The Hall–Kier alpha value is -3.78. The number of likely N-dealkylation sites (tertiary alicyclic amines) is 1. The van der Waals surface area contributed by atoms with Crippen LogP contribution in [0.4, 0.5) is 17.6 Å². The third-order valence-corrected chi connectivity index (χ3v) is 12.2. The first kappa shape index (κ1) is 34.3. The Labute approximate surface area is 292 Å². The van der Waals surface area contributed by atoms with E-state index in [9.17, 15) is 23.5 Å². The van der Waals surface area contributed by atoms with Gasteiger partial charge >= 0.3 is 5.97 Å². The Balaban J connectivity index is 1.09. The zero-order valence-corrected chi connectivity index (χ0v) is 28.9. The fraction of sp³-hybridized carbons (Fsp3) is 0.622. The van der Waals surface area contributed by atoms with Gasteiger partial charge in [0.05, 0.1) is 36.8 Å². The van der Waals surface area contributed by atoms with Crippen LogP contribution in [0.25, 0.3) is 22.3 Å². The summed E-state index contributed by atoms with van der Waals surface area (Å²) in [6.45, 7) is 2.54. The number of hydrogen-bond donors (Lipinski definition) is 2. The number of nitrogens with zero attached hydrogens (tertiary/aromatic N) is 4. The van der Waals surface area contributed by atoms with Crippen LogP contribution in [0.15, 0.2) is 30.6 Å². The number of ether oxygens (including phenoxy) is 2. The average Bonchev–Trinajstić information content (AvgIpc) is 3.41. The molecular weight excluding hydrogens is 670 g/mol. The summed E-state index contributed by atoms with van der Waals surface area (Å²) >= 11 is 0. The molecule has 5 saturated carbocycles. The fourth-order valence-electron chi connectivity index (χ4n) is 9.90. The van der Waals surface area contributed by atoms with Crippen molar-refractivity contribution in [2.45, 2.75) is 94.4 Å². The van der Waals surface area contributed by atoms with E-state index in [2.05, 4.69) is 15.3 Å². The van der Waals surface area contributed by atoms with Gasteiger partial charge in [-0.3, -0.25) is 9.69 Å². The molecule has 6 fully saturated rings. The molecule has 0 unspecified atom stereocenters. The van der Waals surface area contributed by atoms with Crippen LogP contribution >= 0.6 is 0 Å². The smallest absolute Gasteiger partial charge is 0.330 e. The van der Waals surface area contributed by atoms with Crippen molar-refractivity contribution in [1.29, 1.82) is 0 Å². The van der Waals surface area contributed by atoms with Gasteiger partial charge in [-0.15, -0.1) is 0 Å². The highest BCUT2D eigenvalue weighted by atomic mass is 19.3. The van der Waals surface area contributed by atoms with Crippen LogP contribution in [-0.4, -0.2) is 86.8 Å². The van der Waals surface area contributed by atoms with E-state index in [4.69, 9.17) is 9.47 Å². The Morgan fingerprint density at radius 3 is 2.33 bits per heavy atom. The lowest BCUT2D eigenvalue weighted by Crippen LogP contribution is -2.70. The van der Waals surface area contributed by atoms with E-state index >= 15 is 8.78 Å². The van der Waals surface area contributed by atoms with Crippen molar-refractivity contribution in [2.75, 3.05) is 26.8 Å². The first-order chi connectivity index (χ1) is 24.1. The molecule has 0 radical (unpaired) electrons. The zero-order valence-electron chi connectivity index (χ0n) is 28.9. The monoisotopic (exact) mass is 713 g/mol. The van der Waals surface area contributed by atoms with Crippen molar-refractivity contribution < 1.29 is 41.7 Å². The maximum Gasteiger partial charge on any atom is 0.330 e.